The number of para-hydroxylation sites is 1. The Balaban J connectivity index is 2.62. The van der Waals surface area contributed by atoms with Crippen molar-refractivity contribution in [3.05, 3.63) is 42.1 Å². The van der Waals surface area contributed by atoms with Crippen LogP contribution in [0.4, 0.5) is 5.69 Å². The number of nitrogens with two attached hydrogens (primary N) is 1. The van der Waals surface area contributed by atoms with E-state index in [-0.39, 0.29) is 6.61 Å². The minimum absolute atomic E-state index is 0.104. The third-order valence-electron chi connectivity index (χ3n) is 2.50. The fraction of sp³-hybridized carbons (Fsp3) is 0.0833. The fourth-order valence-corrected chi connectivity index (χ4v) is 1.66. The molecule has 0 fully saturated rings. The molecule has 1 aromatic heterocycles. The number of hydrogen-bond donors (Lipinski definition) is 2. The molecule has 0 aliphatic carbocycles. The van der Waals surface area contributed by atoms with Crippen LogP contribution in [0.2, 0.25) is 0 Å². The van der Waals surface area contributed by atoms with Gasteiger partial charge in [0, 0.05) is 23.0 Å². The zero-order valence-corrected chi connectivity index (χ0v) is 8.59. The van der Waals surface area contributed by atoms with Gasteiger partial charge in [0.1, 0.15) is 0 Å². The van der Waals surface area contributed by atoms with Crippen LogP contribution in [-0.4, -0.2) is 9.67 Å². The predicted molar refractivity (Wildman–Crippen MR) is 61.2 cm³/mol. The molecule has 0 atom stereocenters. The van der Waals surface area contributed by atoms with Crippen LogP contribution in [0.3, 0.4) is 0 Å². The lowest BCUT2D eigenvalue weighted by Crippen LogP contribution is -1.99. The van der Waals surface area contributed by atoms with Crippen molar-refractivity contribution in [3.8, 4) is 17.5 Å². The normalized spacial score (nSPS) is 10.0. The zero-order valence-electron chi connectivity index (χ0n) is 8.59. The molecule has 2 rings (SSSR count). The van der Waals surface area contributed by atoms with Crippen molar-refractivity contribution >= 4 is 5.69 Å². The summed E-state index contributed by atoms with van der Waals surface area (Å²) >= 11 is 0. The van der Waals surface area contributed by atoms with Crippen LogP contribution in [0.25, 0.3) is 11.3 Å². The molecule has 0 amide bonds. The van der Waals surface area contributed by atoms with E-state index in [0.717, 1.165) is 11.3 Å². The van der Waals surface area contributed by atoms with Gasteiger partial charge in [0.05, 0.1) is 12.3 Å². The van der Waals surface area contributed by atoms with Crippen molar-refractivity contribution in [2.45, 2.75) is 6.61 Å². The molecule has 1 aromatic carbocycles. The molecule has 0 aliphatic rings. The molecule has 4 heteroatoms. The number of nitriles is 1. The maximum atomic E-state index is 9.12. The topological polar surface area (TPSA) is 75.0 Å². The molecule has 3 N–H and O–H groups in total. The summed E-state index contributed by atoms with van der Waals surface area (Å²) in [5, 5.41) is 18.0. The van der Waals surface area contributed by atoms with Gasteiger partial charge in [-0.2, -0.15) is 5.26 Å². The molecule has 0 spiro atoms. The van der Waals surface area contributed by atoms with Crippen LogP contribution >= 0.6 is 0 Å². The van der Waals surface area contributed by atoms with Crippen molar-refractivity contribution in [2.75, 3.05) is 5.73 Å². The highest BCUT2D eigenvalue weighted by atomic mass is 16.3. The first kappa shape index (κ1) is 10.3. The molecule has 16 heavy (non-hydrogen) atoms. The average Bonchev–Trinajstić information content (AvgIpc) is 2.77. The first-order valence-corrected chi connectivity index (χ1v) is 4.84. The van der Waals surface area contributed by atoms with Crippen molar-refractivity contribution < 1.29 is 5.11 Å². The first-order valence-electron chi connectivity index (χ1n) is 4.84. The van der Waals surface area contributed by atoms with E-state index in [4.69, 9.17) is 16.1 Å². The second kappa shape index (κ2) is 4.09. The van der Waals surface area contributed by atoms with Gasteiger partial charge in [0.25, 0.3) is 0 Å². The Morgan fingerprint density at radius 3 is 2.81 bits per heavy atom. The van der Waals surface area contributed by atoms with Crippen molar-refractivity contribution in [1.82, 2.24) is 4.57 Å². The largest absolute Gasteiger partial charge is 0.398 e. The van der Waals surface area contributed by atoms with Crippen LogP contribution in [-0.2, 0) is 6.61 Å². The van der Waals surface area contributed by atoms with Gasteiger partial charge in [0.15, 0.2) is 6.19 Å². The molecule has 0 radical (unpaired) electrons. The number of anilines is 1. The fourth-order valence-electron chi connectivity index (χ4n) is 1.66. The first-order chi connectivity index (χ1) is 7.77. The van der Waals surface area contributed by atoms with Gasteiger partial charge in [-0.05, 0) is 12.1 Å². The van der Waals surface area contributed by atoms with E-state index in [0.29, 0.717) is 11.3 Å². The Hall–Kier alpha value is -2.25. The van der Waals surface area contributed by atoms with Crippen LogP contribution in [0, 0.1) is 11.5 Å². The van der Waals surface area contributed by atoms with E-state index in [1.165, 1.54) is 4.57 Å². The average molecular weight is 213 g/mol. The number of benzene rings is 1. The second-order valence-electron chi connectivity index (χ2n) is 3.40. The van der Waals surface area contributed by atoms with Crippen LogP contribution < -0.4 is 5.73 Å². The summed E-state index contributed by atoms with van der Waals surface area (Å²) in [6, 6.07) is 9.00. The number of nitrogen functional groups attached to an aromatic ring is 1. The van der Waals surface area contributed by atoms with E-state index in [2.05, 4.69) is 0 Å². The number of rotatable bonds is 2. The quantitative estimate of drug-likeness (QED) is 0.743. The molecule has 0 saturated heterocycles. The molecule has 80 valence electrons. The van der Waals surface area contributed by atoms with E-state index >= 15 is 0 Å². The zero-order chi connectivity index (χ0) is 11.5. The maximum absolute atomic E-state index is 9.12. The van der Waals surface area contributed by atoms with Crippen LogP contribution in [0.5, 0.6) is 0 Å². The van der Waals surface area contributed by atoms with Crippen LogP contribution in [0.15, 0.2) is 36.5 Å². The Labute approximate surface area is 93.2 Å². The Bertz CT molecular complexity index is 552. The lowest BCUT2D eigenvalue weighted by atomic mass is 10.1. The van der Waals surface area contributed by atoms with E-state index < -0.39 is 0 Å². The third kappa shape index (κ3) is 1.53. The number of hydrogen-bond acceptors (Lipinski definition) is 3. The number of nitrogens with zero attached hydrogens (tertiary/aromatic N) is 2. The van der Waals surface area contributed by atoms with Gasteiger partial charge < -0.3 is 10.8 Å². The molecule has 4 nitrogen and oxygen atoms in total. The highest BCUT2D eigenvalue weighted by Crippen LogP contribution is 2.28. The predicted octanol–water partition coefficient (Wildman–Crippen LogP) is 1.56. The van der Waals surface area contributed by atoms with Gasteiger partial charge in [-0.1, -0.05) is 18.2 Å². The number of aliphatic hydroxyl groups excluding tert-OH is 1. The second-order valence-corrected chi connectivity index (χ2v) is 3.40. The summed E-state index contributed by atoms with van der Waals surface area (Å²) in [5.74, 6) is 0. The SMILES string of the molecule is N#Cn1cccc1-c1cccc(CO)c1N. The lowest BCUT2D eigenvalue weighted by Gasteiger charge is -2.09. The number of aliphatic hydroxyl groups is 1. The van der Waals surface area contributed by atoms with E-state index in [1.54, 1.807) is 18.3 Å². The molecule has 0 saturated carbocycles. The highest BCUT2D eigenvalue weighted by Gasteiger charge is 2.09. The lowest BCUT2D eigenvalue weighted by molar-refractivity contribution is 0.282. The standard InChI is InChI=1S/C12H11N3O/c13-8-15-6-2-5-11(15)10-4-1-3-9(7-16)12(10)14/h1-6,16H,7,14H2. The summed E-state index contributed by atoms with van der Waals surface area (Å²) in [5.41, 5.74) is 8.60. The minimum Gasteiger partial charge on any atom is -0.398 e. The summed E-state index contributed by atoms with van der Waals surface area (Å²) in [6.07, 6.45) is 3.70. The van der Waals surface area contributed by atoms with E-state index in [1.807, 2.05) is 24.4 Å². The monoisotopic (exact) mass is 213 g/mol. The molecular formula is C12H11N3O. The molecular weight excluding hydrogens is 202 g/mol. The summed E-state index contributed by atoms with van der Waals surface area (Å²) in [7, 11) is 0. The number of aromatic nitrogens is 1. The van der Waals surface area contributed by atoms with Gasteiger partial charge >= 0.3 is 0 Å². The van der Waals surface area contributed by atoms with Gasteiger partial charge in [-0.15, -0.1) is 0 Å². The Morgan fingerprint density at radius 1 is 1.31 bits per heavy atom. The summed E-state index contributed by atoms with van der Waals surface area (Å²) in [4.78, 5) is 0. The Morgan fingerprint density at radius 2 is 2.12 bits per heavy atom. The summed E-state index contributed by atoms with van der Waals surface area (Å²) in [6.45, 7) is -0.104. The maximum Gasteiger partial charge on any atom is 0.188 e. The molecule has 0 unspecified atom stereocenters. The highest BCUT2D eigenvalue weighted by molar-refractivity contribution is 5.77. The van der Waals surface area contributed by atoms with Gasteiger partial charge in [-0.25, -0.2) is 0 Å². The molecule has 1 heterocycles. The smallest absolute Gasteiger partial charge is 0.188 e. The van der Waals surface area contributed by atoms with Gasteiger partial charge in [0.2, 0.25) is 0 Å². The molecule has 0 aliphatic heterocycles. The van der Waals surface area contributed by atoms with Crippen molar-refractivity contribution in [3.63, 3.8) is 0 Å². The van der Waals surface area contributed by atoms with Crippen molar-refractivity contribution in [1.29, 1.82) is 5.26 Å². The molecule has 2 aromatic rings. The summed E-state index contributed by atoms with van der Waals surface area (Å²) < 4.78 is 1.44. The molecule has 0 bridgehead atoms. The minimum atomic E-state index is -0.104. The van der Waals surface area contributed by atoms with Crippen molar-refractivity contribution in [2.24, 2.45) is 0 Å². The van der Waals surface area contributed by atoms with Gasteiger partial charge in [-0.3, -0.25) is 4.57 Å². The van der Waals surface area contributed by atoms with E-state index in [9.17, 15) is 0 Å². The Kier molecular flexibility index (Phi) is 2.63. The van der Waals surface area contributed by atoms with Crippen LogP contribution in [0.1, 0.15) is 5.56 Å². The third-order valence-corrected chi connectivity index (χ3v) is 2.50.